The molecule has 1 aromatic heterocycles. The van der Waals surface area contributed by atoms with Gasteiger partial charge in [-0.15, -0.1) is 0 Å². The number of hydrogen-bond acceptors (Lipinski definition) is 3. The Morgan fingerprint density at radius 3 is 3.06 bits per heavy atom. The number of anilines is 1. The van der Waals surface area contributed by atoms with Gasteiger partial charge in [-0.3, -0.25) is 0 Å². The minimum atomic E-state index is 0.195. The van der Waals surface area contributed by atoms with Crippen molar-refractivity contribution in [3.05, 3.63) is 53.7 Å². The van der Waals surface area contributed by atoms with Crippen LogP contribution in [0.25, 0.3) is 0 Å². The molecule has 1 N–H and O–H groups in total. The molecule has 0 bridgehead atoms. The van der Waals surface area contributed by atoms with Crippen molar-refractivity contribution in [2.24, 2.45) is 0 Å². The van der Waals surface area contributed by atoms with Crippen molar-refractivity contribution >= 4 is 5.82 Å². The first-order chi connectivity index (χ1) is 8.33. The molecular weight excluding hydrogens is 212 g/mol. The van der Waals surface area contributed by atoms with E-state index in [0.717, 1.165) is 11.6 Å². The van der Waals surface area contributed by atoms with Crippen molar-refractivity contribution in [2.75, 3.05) is 11.9 Å². The predicted octanol–water partition coefficient (Wildman–Crippen LogP) is 2.94. The third-order valence-corrected chi connectivity index (χ3v) is 2.94. The molecule has 1 atom stereocenters. The molecule has 1 unspecified atom stereocenters. The van der Waals surface area contributed by atoms with Crippen LogP contribution in [0.1, 0.15) is 17.2 Å². The van der Waals surface area contributed by atoms with E-state index in [4.69, 9.17) is 4.74 Å². The molecule has 0 saturated heterocycles. The Labute approximate surface area is 100 Å². The second-order valence-electron chi connectivity index (χ2n) is 4.26. The molecule has 0 saturated carbocycles. The maximum atomic E-state index is 5.62. The van der Waals surface area contributed by atoms with Gasteiger partial charge in [-0.2, -0.15) is 0 Å². The zero-order valence-corrected chi connectivity index (χ0v) is 9.68. The highest BCUT2D eigenvalue weighted by atomic mass is 16.5. The smallest absolute Gasteiger partial charge is 0.126 e. The summed E-state index contributed by atoms with van der Waals surface area (Å²) in [6.45, 7) is 2.72. The standard InChI is InChI=1S/C14H14N2O/c1-10-6-7-15-14(8-10)16-12-9-17-13-5-3-2-4-11(12)13/h2-8,12H,9H2,1H3,(H,15,16). The Kier molecular flexibility index (Phi) is 2.44. The van der Waals surface area contributed by atoms with Gasteiger partial charge in [-0.25, -0.2) is 4.98 Å². The number of nitrogens with zero attached hydrogens (tertiary/aromatic N) is 1. The molecule has 0 amide bonds. The van der Waals surface area contributed by atoms with Crippen LogP contribution in [0, 0.1) is 6.92 Å². The minimum absolute atomic E-state index is 0.195. The first-order valence-electron chi connectivity index (χ1n) is 5.74. The Morgan fingerprint density at radius 1 is 1.29 bits per heavy atom. The highest BCUT2D eigenvalue weighted by Crippen LogP contribution is 2.33. The Morgan fingerprint density at radius 2 is 2.18 bits per heavy atom. The molecule has 17 heavy (non-hydrogen) atoms. The van der Waals surface area contributed by atoms with Crippen LogP contribution in [-0.4, -0.2) is 11.6 Å². The van der Waals surface area contributed by atoms with Crippen molar-refractivity contribution in [3.63, 3.8) is 0 Å². The van der Waals surface area contributed by atoms with E-state index in [-0.39, 0.29) is 6.04 Å². The lowest BCUT2D eigenvalue weighted by Crippen LogP contribution is -2.12. The summed E-state index contributed by atoms with van der Waals surface area (Å²) >= 11 is 0. The van der Waals surface area contributed by atoms with Crippen LogP contribution in [0.4, 0.5) is 5.82 Å². The van der Waals surface area contributed by atoms with E-state index in [1.165, 1.54) is 11.1 Å². The maximum Gasteiger partial charge on any atom is 0.126 e. The lowest BCUT2D eigenvalue weighted by Gasteiger charge is -2.12. The van der Waals surface area contributed by atoms with Gasteiger partial charge in [0.15, 0.2) is 0 Å². The van der Waals surface area contributed by atoms with Gasteiger partial charge < -0.3 is 10.1 Å². The largest absolute Gasteiger partial charge is 0.491 e. The van der Waals surface area contributed by atoms with E-state index in [1.807, 2.05) is 36.5 Å². The fraction of sp³-hybridized carbons (Fsp3) is 0.214. The van der Waals surface area contributed by atoms with Crippen LogP contribution >= 0.6 is 0 Å². The zero-order chi connectivity index (χ0) is 11.7. The van der Waals surface area contributed by atoms with Crippen molar-refractivity contribution in [2.45, 2.75) is 13.0 Å². The first kappa shape index (κ1) is 10.1. The van der Waals surface area contributed by atoms with Gasteiger partial charge in [0.05, 0.1) is 6.04 Å². The molecule has 2 aromatic rings. The number of hydrogen-bond donors (Lipinski definition) is 1. The number of para-hydroxylation sites is 1. The van der Waals surface area contributed by atoms with E-state index in [9.17, 15) is 0 Å². The molecule has 1 aliphatic rings. The molecule has 1 aliphatic heterocycles. The first-order valence-corrected chi connectivity index (χ1v) is 5.74. The molecule has 0 spiro atoms. The van der Waals surface area contributed by atoms with E-state index in [2.05, 4.69) is 23.3 Å². The van der Waals surface area contributed by atoms with Crippen LogP contribution in [0.5, 0.6) is 5.75 Å². The third kappa shape index (κ3) is 1.96. The van der Waals surface area contributed by atoms with Crippen LogP contribution < -0.4 is 10.1 Å². The summed E-state index contributed by atoms with van der Waals surface area (Å²) < 4.78 is 5.62. The Balaban J connectivity index is 1.84. The minimum Gasteiger partial charge on any atom is -0.491 e. The van der Waals surface area contributed by atoms with Crippen LogP contribution in [0.3, 0.4) is 0 Å². The van der Waals surface area contributed by atoms with Gasteiger partial charge in [0, 0.05) is 11.8 Å². The summed E-state index contributed by atoms with van der Waals surface area (Å²) in [5.74, 6) is 1.87. The van der Waals surface area contributed by atoms with Gasteiger partial charge in [-0.05, 0) is 30.7 Å². The number of ether oxygens (including phenoxy) is 1. The SMILES string of the molecule is Cc1ccnc(NC2COc3ccccc32)c1. The van der Waals surface area contributed by atoms with Crippen molar-refractivity contribution < 1.29 is 4.74 Å². The fourth-order valence-electron chi connectivity index (χ4n) is 2.08. The van der Waals surface area contributed by atoms with Crippen LogP contribution in [0.15, 0.2) is 42.6 Å². The summed E-state index contributed by atoms with van der Waals surface area (Å²) in [7, 11) is 0. The molecule has 1 aromatic carbocycles. The fourth-order valence-corrected chi connectivity index (χ4v) is 2.08. The number of rotatable bonds is 2. The molecule has 3 nitrogen and oxygen atoms in total. The van der Waals surface area contributed by atoms with Gasteiger partial charge in [0.25, 0.3) is 0 Å². The molecule has 3 rings (SSSR count). The lowest BCUT2D eigenvalue weighted by molar-refractivity contribution is 0.339. The normalized spacial score (nSPS) is 17.4. The van der Waals surface area contributed by atoms with Crippen molar-refractivity contribution in [3.8, 4) is 5.75 Å². The number of benzene rings is 1. The van der Waals surface area contributed by atoms with Crippen LogP contribution in [-0.2, 0) is 0 Å². The number of fused-ring (bicyclic) bond motifs is 1. The summed E-state index contributed by atoms with van der Waals surface area (Å²) in [5, 5.41) is 3.40. The van der Waals surface area contributed by atoms with Crippen LogP contribution in [0.2, 0.25) is 0 Å². The molecule has 0 fully saturated rings. The third-order valence-electron chi connectivity index (χ3n) is 2.94. The maximum absolute atomic E-state index is 5.62. The summed E-state index contributed by atoms with van der Waals surface area (Å²) in [6, 6.07) is 12.3. The molecule has 86 valence electrons. The lowest BCUT2D eigenvalue weighted by atomic mass is 10.1. The van der Waals surface area contributed by atoms with E-state index >= 15 is 0 Å². The average Bonchev–Trinajstić information content (AvgIpc) is 2.73. The summed E-state index contributed by atoms with van der Waals surface area (Å²) in [5.41, 5.74) is 2.41. The quantitative estimate of drug-likeness (QED) is 0.854. The molecule has 0 aliphatic carbocycles. The Hall–Kier alpha value is -2.03. The monoisotopic (exact) mass is 226 g/mol. The van der Waals surface area contributed by atoms with E-state index in [1.54, 1.807) is 0 Å². The zero-order valence-electron chi connectivity index (χ0n) is 9.68. The van der Waals surface area contributed by atoms with Crippen molar-refractivity contribution in [1.29, 1.82) is 0 Å². The molecular formula is C14H14N2O. The number of nitrogens with one attached hydrogen (secondary N) is 1. The number of pyridine rings is 1. The summed E-state index contributed by atoms with van der Waals surface area (Å²) in [6.07, 6.45) is 1.82. The number of aryl methyl sites for hydroxylation is 1. The van der Waals surface area contributed by atoms with Gasteiger partial charge in [0.2, 0.25) is 0 Å². The van der Waals surface area contributed by atoms with E-state index < -0.39 is 0 Å². The predicted molar refractivity (Wildman–Crippen MR) is 67.3 cm³/mol. The molecule has 0 radical (unpaired) electrons. The second kappa shape index (κ2) is 4.09. The number of aromatic nitrogens is 1. The highest BCUT2D eigenvalue weighted by molar-refractivity contribution is 5.46. The van der Waals surface area contributed by atoms with Crippen molar-refractivity contribution in [1.82, 2.24) is 4.98 Å². The molecule has 3 heteroatoms. The topological polar surface area (TPSA) is 34.2 Å². The summed E-state index contributed by atoms with van der Waals surface area (Å²) in [4.78, 5) is 4.31. The van der Waals surface area contributed by atoms with Gasteiger partial charge in [0.1, 0.15) is 18.2 Å². The second-order valence-corrected chi connectivity index (χ2v) is 4.26. The highest BCUT2D eigenvalue weighted by Gasteiger charge is 2.23. The van der Waals surface area contributed by atoms with E-state index in [0.29, 0.717) is 6.61 Å². The Bertz CT molecular complexity index is 539. The average molecular weight is 226 g/mol. The van der Waals surface area contributed by atoms with Gasteiger partial charge >= 0.3 is 0 Å². The van der Waals surface area contributed by atoms with Gasteiger partial charge in [-0.1, -0.05) is 18.2 Å². The molecule has 2 heterocycles.